The lowest BCUT2D eigenvalue weighted by Gasteiger charge is -2.17. The topological polar surface area (TPSA) is 4.93 Å². The predicted molar refractivity (Wildman–Crippen MR) is 208 cm³/mol. The number of hydrogen-bond donors (Lipinski definition) is 0. The highest BCUT2D eigenvalue weighted by Crippen LogP contribution is 2.50. The zero-order valence-electron chi connectivity index (χ0n) is 25.9. The van der Waals surface area contributed by atoms with E-state index in [1.165, 1.54) is 102 Å². The Labute approximate surface area is 280 Å². The highest BCUT2D eigenvalue weighted by molar-refractivity contribution is 7.26. The summed E-state index contributed by atoms with van der Waals surface area (Å²) in [5, 5.41) is 13.1. The lowest BCUT2D eigenvalue weighted by molar-refractivity contribution is 1.18. The molecule has 48 heavy (non-hydrogen) atoms. The zero-order chi connectivity index (χ0) is 31.3. The summed E-state index contributed by atoms with van der Waals surface area (Å²) in [5.41, 5.74) is 8.80. The Balaban J connectivity index is 1.34. The van der Waals surface area contributed by atoms with Crippen molar-refractivity contribution in [3.8, 4) is 27.9 Å². The Bertz CT molecular complexity index is 3040. The first-order valence-electron chi connectivity index (χ1n) is 16.5. The number of rotatable bonds is 3. The van der Waals surface area contributed by atoms with Gasteiger partial charge in [0, 0.05) is 42.2 Å². The molecule has 0 aliphatic rings. The molecule has 0 saturated carbocycles. The molecule has 2 heteroatoms. The first-order valence-corrected chi connectivity index (χ1v) is 17.3. The van der Waals surface area contributed by atoms with Gasteiger partial charge in [-0.1, -0.05) is 133 Å². The van der Waals surface area contributed by atoms with Crippen LogP contribution in [0.2, 0.25) is 0 Å². The fourth-order valence-corrected chi connectivity index (χ4v) is 9.55. The molecule has 0 unspecified atom stereocenters. The molecule has 0 aliphatic carbocycles. The average Bonchev–Trinajstić information content (AvgIpc) is 3.69. The number of thiophene rings is 1. The Morgan fingerprint density at radius 3 is 1.77 bits per heavy atom. The van der Waals surface area contributed by atoms with Crippen LogP contribution in [0.1, 0.15) is 0 Å². The van der Waals surface area contributed by atoms with Crippen LogP contribution in [-0.4, -0.2) is 4.57 Å². The zero-order valence-corrected chi connectivity index (χ0v) is 26.8. The summed E-state index contributed by atoms with van der Waals surface area (Å²) in [7, 11) is 0. The molecule has 0 spiro atoms. The summed E-state index contributed by atoms with van der Waals surface area (Å²) in [4.78, 5) is 0. The third-order valence-corrected chi connectivity index (χ3v) is 11.5. The van der Waals surface area contributed by atoms with Gasteiger partial charge in [0.1, 0.15) is 0 Å². The van der Waals surface area contributed by atoms with Gasteiger partial charge < -0.3 is 4.57 Å². The van der Waals surface area contributed by atoms with Crippen molar-refractivity contribution in [2.24, 2.45) is 0 Å². The van der Waals surface area contributed by atoms with E-state index >= 15 is 0 Å². The molecule has 0 bridgehead atoms. The highest BCUT2D eigenvalue weighted by atomic mass is 32.1. The molecule has 2 heterocycles. The Morgan fingerprint density at radius 2 is 1.00 bits per heavy atom. The normalized spacial score (nSPS) is 12.2. The van der Waals surface area contributed by atoms with Gasteiger partial charge in [0.25, 0.3) is 0 Å². The lowest BCUT2D eigenvalue weighted by Crippen LogP contribution is -1.93. The second-order valence-corrected chi connectivity index (χ2v) is 13.9. The van der Waals surface area contributed by atoms with Crippen molar-refractivity contribution in [3.63, 3.8) is 0 Å². The molecule has 11 rings (SSSR count). The molecular formula is C46H27NS. The minimum absolute atomic E-state index is 1.18. The van der Waals surface area contributed by atoms with Crippen LogP contribution in [0.3, 0.4) is 0 Å². The molecule has 9 aromatic carbocycles. The second-order valence-electron chi connectivity index (χ2n) is 12.8. The average molecular weight is 626 g/mol. The molecule has 1 nitrogen and oxygen atoms in total. The summed E-state index contributed by atoms with van der Waals surface area (Å²) in [5.74, 6) is 0. The third kappa shape index (κ3) is 3.50. The van der Waals surface area contributed by atoms with E-state index in [-0.39, 0.29) is 0 Å². The van der Waals surface area contributed by atoms with Gasteiger partial charge >= 0.3 is 0 Å². The molecule has 0 N–H and O–H groups in total. The van der Waals surface area contributed by atoms with Crippen LogP contribution in [0.5, 0.6) is 0 Å². The largest absolute Gasteiger partial charge is 0.309 e. The maximum Gasteiger partial charge on any atom is 0.0554 e. The number of para-hydroxylation sites is 2. The Morgan fingerprint density at radius 1 is 0.396 bits per heavy atom. The third-order valence-electron chi connectivity index (χ3n) is 10.3. The Hall–Kier alpha value is -5.96. The molecule has 2 aromatic heterocycles. The monoisotopic (exact) mass is 625 g/mol. The van der Waals surface area contributed by atoms with E-state index in [4.69, 9.17) is 0 Å². The quantitative estimate of drug-likeness (QED) is 0.172. The van der Waals surface area contributed by atoms with Crippen molar-refractivity contribution >= 4 is 85.6 Å². The molecule has 0 fully saturated rings. The first kappa shape index (κ1) is 26.1. The summed E-state index contributed by atoms with van der Waals surface area (Å²) in [6, 6.07) is 60.6. The van der Waals surface area contributed by atoms with Crippen LogP contribution in [0.4, 0.5) is 0 Å². The fraction of sp³-hybridized carbons (Fsp3) is 0. The standard InChI is InChI=1S/C46H27NS/c1-3-11-28(12-4-1)32-23-19-29-21-25-35-36(26-22-30-20-24-34(32)42(29)43(30)35)45-44-37-16-7-9-17-39(37)47(31-13-5-2-6-14-31)40(44)27-38-33-15-8-10-18-41(33)48-46(38)45/h1-27H. The maximum atomic E-state index is 2.46. The van der Waals surface area contributed by atoms with Crippen molar-refractivity contribution in [2.75, 3.05) is 0 Å². The molecular weight excluding hydrogens is 599 g/mol. The van der Waals surface area contributed by atoms with Crippen LogP contribution in [-0.2, 0) is 0 Å². The maximum absolute atomic E-state index is 2.46. The van der Waals surface area contributed by atoms with Crippen LogP contribution < -0.4 is 0 Å². The van der Waals surface area contributed by atoms with Gasteiger partial charge in [-0.3, -0.25) is 0 Å². The molecule has 0 atom stereocenters. The summed E-state index contributed by atoms with van der Waals surface area (Å²) in [6.07, 6.45) is 0. The molecule has 0 radical (unpaired) electrons. The molecule has 11 aromatic rings. The number of hydrogen-bond acceptors (Lipinski definition) is 1. The Kier molecular flexibility index (Phi) is 5.32. The van der Waals surface area contributed by atoms with Gasteiger partial charge in [-0.2, -0.15) is 0 Å². The number of nitrogens with zero attached hydrogens (tertiary/aromatic N) is 1. The van der Waals surface area contributed by atoms with Crippen molar-refractivity contribution in [1.29, 1.82) is 0 Å². The summed E-state index contributed by atoms with van der Waals surface area (Å²) in [6.45, 7) is 0. The predicted octanol–water partition coefficient (Wildman–Crippen LogP) is 13.4. The molecule has 0 saturated heterocycles. The van der Waals surface area contributed by atoms with E-state index in [2.05, 4.69) is 168 Å². The fourth-order valence-electron chi connectivity index (χ4n) is 8.30. The molecule has 0 aliphatic heterocycles. The van der Waals surface area contributed by atoms with Gasteiger partial charge in [0.15, 0.2) is 0 Å². The number of fused-ring (bicyclic) bond motifs is 6. The SMILES string of the molecule is c1ccc(-c2ccc3ccc4c(-c5c6sc7ccccc7c6cc6c5c5ccccc5n6-c5ccccc5)ccc5ccc2c3c54)cc1. The van der Waals surface area contributed by atoms with Gasteiger partial charge in [-0.15, -0.1) is 11.3 Å². The van der Waals surface area contributed by atoms with Crippen LogP contribution in [0.25, 0.3) is 102 Å². The van der Waals surface area contributed by atoms with Crippen molar-refractivity contribution in [3.05, 3.63) is 164 Å². The van der Waals surface area contributed by atoms with E-state index in [0.717, 1.165) is 0 Å². The van der Waals surface area contributed by atoms with Crippen LogP contribution in [0, 0.1) is 0 Å². The van der Waals surface area contributed by atoms with Gasteiger partial charge in [-0.05, 0) is 79.3 Å². The van der Waals surface area contributed by atoms with Crippen molar-refractivity contribution < 1.29 is 0 Å². The van der Waals surface area contributed by atoms with E-state index in [0.29, 0.717) is 0 Å². The van der Waals surface area contributed by atoms with E-state index in [1.807, 2.05) is 11.3 Å². The van der Waals surface area contributed by atoms with Gasteiger partial charge in [0.2, 0.25) is 0 Å². The minimum atomic E-state index is 1.18. The highest BCUT2D eigenvalue weighted by Gasteiger charge is 2.23. The number of aromatic nitrogens is 1. The molecule has 222 valence electrons. The summed E-state index contributed by atoms with van der Waals surface area (Å²) >= 11 is 1.92. The van der Waals surface area contributed by atoms with E-state index in [9.17, 15) is 0 Å². The second kappa shape index (κ2) is 9.78. The van der Waals surface area contributed by atoms with Crippen molar-refractivity contribution in [1.82, 2.24) is 4.57 Å². The van der Waals surface area contributed by atoms with Crippen LogP contribution in [0.15, 0.2) is 164 Å². The van der Waals surface area contributed by atoms with Crippen molar-refractivity contribution in [2.45, 2.75) is 0 Å². The van der Waals surface area contributed by atoms with E-state index < -0.39 is 0 Å². The van der Waals surface area contributed by atoms with Gasteiger partial charge in [-0.25, -0.2) is 0 Å². The smallest absolute Gasteiger partial charge is 0.0554 e. The lowest BCUT2D eigenvalue weighted by atomic mass is 9.86. The number of benzene rings is 9. The van der Waals surface area contributed by atoms with E-state index in [1.54, 1.807) is 0 Å². The van der Waals surface area contributed by atoms with Crippen LogP contribution >= 0.6 is 11.3 Å². The molecule has 0 amide bonds. The summed E-state index contributed by atoms with van der Waals surface area (Å²) < 4.78 is 5.13. The first-order chi connectivity index (χ1) is 23.8. The minimum Gasteiger partial charge on any atom is -0.309 e. The van der Waals surface area contributed by atoms with Gasteiger partial charge in [0.05, 0.1) is 11.0 Å².